The van der Waals surface area contributed by atoms with E-state index in [9.17, 15) is 14.4 Å². The smallest absolute Gasteiger partial charge is 0.362 e. The predicted octanol–water partition coefficient (Wildman–Crippen LogP) is 12.2. The summed E-state index contributed by atoms with van der Waals surface area (Å²) in [6.07, 6.45) is 38.3. The Bertz CT molecular complexity index is 745. The molecule has 0 amide bonds. The Kier molecular flexibility index (Phi) is 35.5. The Hall–Kier alpha value is -1.63. The van der Waals surface area contributed by atoms with Crippen LogP contribution in [0.15, 0.2) is 0 Å². The van der Waals surface area contributed by atoms with Crippen molar-refractivity contribution in [2.45, 2.75) is 225 Å². The fourth-order valence-electron chi connectivity index (χ4n) is 6.52. The molecule has 0 atom stereocenters. The summed E-state index contributed by atoms with van der Waals surface area (Å²) in [4.78, 5) is 37.4. The number of rotatable bonds is 39. The molecule has 0 bridgehead atoms. The first-order chi connectivity index (χ1) is 24.7. The molecule has 302 valence electrons. The monoisotopic (exact) mass is 725 g/mol. The van der Waals surface area contributed by atoms with E-state index in [0.29, 0.717) is 17.3 Å². The second kappa shape index (κ2) is 36.7. The number of ether oxygens (including phenoxy) is 3. The third kappa shape index (κ3) is 39.4. The van der Waals surface area contributed by atoms with Crippen LogP contribution < -0.4 is 0 Å². The third-order valence-corrected chi connectivity index (χ3v) is 9.73. The molecule has 0 saturated carbocycles. The van der Waals surface area contributed by atoms with Crippen molar-refractivity contribution in [1.82, 2.24) is 0 Å². The molecule has 0 rings (SSSR count). The van der Waals surface area contributed by atoms with Gasteiger partial charge < -0.3 is 18.7 Å². The second-order valence-corrected chi connectivity index (χ2v) is 16.3. The highest BCUT2D eigenvalue weighted by Crippen LogP contribution is 2.16. The Labute approximate surface area is 316 Å². The number of hydrogen-bond acceptors (Lipinski definition) is 6. The van der Waals surface area contributed by atoms with Crippen LogP contribution in [0.1, 0.15) is 219 Å². The maximum atomic E-state index is 12.5. The van der Waals surface area contributed by atoms with Gasteiger partial charge in [-0.05, 0) is 12.8 Å². The van der Waals surface area contributed by atoms with Gasteiger partial charge in [0.2, 0.25) is 0 Å². The molecule has 0 saturated heterocycles. The molecule has 0 heterocycles. The lowest BCUT2D eigenvalue weighted by molar-refractivity contribution is -0.862. The average Bonchev–Trinajstić information content (AvgIpc) is 3.08. The van der Waals surface area contributed by atoms with Crippen molar-refractivity contribution in [2.24, 2.45) is 0 Å². The molecular formula is C44H86NO6+. The van der Waals surface area contributed by atoms with Gasteiger partial charge in [-0.15, -0.1) is 0 Å². The number of esters is 3. The highest BCUT2D eigenvalue weighted by Gasteiger charge is 2.23. The van der Waals surface area contributed by atoms with Crippen molar-refractivity contribution in [3.63, 3.8) is 0 Å². The standard InChI is InChI=1S/C44H86NO6/c1-6-8-10-12-14-16-18-20-22-24-26-28-30-32-34-36-42(46)49-39-41(51-44(48)38-45(3,4)5)40-50-43(47)37-35-33-31-29-27-25-23-21-19-17-15-13-11-9-7-2/h41H,6-40H2,1-5H3/q+1. The van der Waals surface area contributed by atoms with E-state index in [1.54, 1.807) is 0 Å². The van der Waals surface area contributed by atoms with Crippen LogP contribution in [-0.4, -0.2) is 69.4 Å². The van der Waals surface area contributed by atoms with E-state index >= 15 is 0 Å². The highest BCUT2D eigenvalue weighted by molar-refractivity contribution is 5.71. The van der Waals surface area contributed by atoms with E-state index < -0.39 is 12.1 Å². The lowest BCUT2D eigenvalue weighted by Crippen LogP contribution is -2.42. The first kappa shape index (κ1) is 49.4. The SMILES string of the molecule is CCCCCCCCCCCCCCCCCC(=O)OCC(COC(=O)CCCCCCCCCCCCCCCCC)OC(=O)C[N+](C)(C)C. The quantitative estimate of drug-likeness (QED) is 0.0272. The van der Waals surface area contributed by atoms with E-state index in [1.165, 1.54) is 154 Å². The number of hydrogen-bond donors (Lipinski definition) is 0. The average molecular weight is 725 g/mol. The normalized spacial score (nSPS) is 11.6. The van der Waals surface area contributed by atoms with Gasteiger partial charge in [-0.25, -0.2) is 4.79 Å². The zero-order chi connectivity index (χ0) is 37.7. The van der Waals surface area contributed by atoms with Gasteiger partial charge in [-0.1, -0.05) is 194 Å². The predicted molar refractivity (Wildman–Crippen MR) is 214 cm³/mol. The van der Waals surface area contributed by atoms with Crippen molar-refractivity contribution >= 4 is 17.9 Å². The van der Waals surface area contributed by atoms with Crippen LogP contribution in [0.25, 0.3) is 0 Å². The van der Waals surface area contributed by atoms with Gasteiger partial charge in [-0.2, -0.15) is 0 Å². The molecular weight excluding hydrogens is 638 g/mol. The summed E-state index contributed by atoms with van der Waals surface area (Å²) >= 11 is 0. The van der Waals surface area contributed by atoms with Gasteiger partial charge in [0, 0.05) is 12.8 Å². The Balaban J connectivity index is 4.03. The molecule has 0 fully saturated rings. The molecule has 0 aromatic rings. The minimum absolute atomic E-state index is 0.0906. The zero-order valence-electron chi connectivity index (χ0n) is 34.7. The van der Waals surface area contributed by atoms with Crippen LogP contribution in [0.2, 0.25) is 0 Å². The minimum atomic E-state index is -0.793. The largest absolute Gasteiger partial charge is 0.462 e. The van der Waals surface area contributed by atoms with Crippen LogP contribution in [0, 0.1) is 0 Å². The Morgan fingerprint density at radius 1 is 0.392 bits per heavy atom. The first-order valence-electron chi connectivity index (χ1n) is 22.0. The minimum Gasteiger partial charge on any atom is -0.462 e. The van der Waals surface area contributed by atoms with E-state index in [-0.39, 0.29) is 31.7 Å². The summed E-state index contributed by atoms with van der Waals surface area (Å²) in [7, 11) is 5.72. The van der Waals surface area contributed by atoms with Gasteiger partial charge in [0.05, 0.1) is 21.1 Å². The third-order valence-electron chi connectivity index (χ3n) is 9.73. The topological polar surface area (TPSA) is 78.9 Å². The van der Waals surface area contributed by atoms with Crippen molar-refractivity contribution < 1.29 is 33.1 Å². The molecule has 0 aliphatic carbocycles. The van der Waals surface area contributed by atoms with E-state index in [1.807, 2.05) is 21.1 Å². The lowest BCUT2D eigenvalue weighted by atomic mass is 10.0. The molecule has 0 radical (unpaired) electrons. The summed E-state index contributed by atoms with van der Waals surface area (Å²) < 4.78 is 16.9. The van der Waals surface area contributed by atoms with Crippen LogP contribution in [-0.2, 0) is 28.6 Å². The fraction of sp³-hybridized carbons (Fsp3) is 0.932. The number of nitrogens with zero attached hydrogens (tertiary/aromatic N) is 1. The van der Waals surface area contributed by atoms with Crippen LogP contribution in [0.4, 0.5) is 0 Å². The molecule has 0 N–H and O–H groups in total. The fourth-order valence-corrected chi connectivity index (χ4v) is 6.52. The maximum absolute atomic E-state index is 12.5. The highest BCUT2D eigenvalue weighted by atomic mass is 16.6. The van der Waals surface area contributed by atoms with Crippen LogP contribution in [0.3, 0.4) is 0 Å². The summed E-state index contributed by atoms with van der Waals surface area (Å²) in [5.74, 6) is -0.979. The molecule has 0 aliphatic rings. The van der Waals surface area contributed by atoms with Gasteiger partial charge in [-0.3, -0.25) is 9.59 Å². The maximum Gasteiger partial charge on any atom is 0.362 e. The second-order valence-electron chi connectivity index (χ2n) is 16.3. The van der Waals surface area contributed by atoms with E-state index in [2.05, 4.69) is 13.8 Å². The first-order valence-corrected chi connectivity index (χ1v) is 22.0. The molecule has 0 spiro atoms. The summed E-state index contributed by atoms with van der Waals surface area (Å²) in [5.41, 5.74) is 0. The molecule has 51 heavy (non-hydrogen) atoms. The molecule has 0 aromatic heterocycles. The molecule has 7 nitrogen and oxygen atoms in total. The Morgan fingerprint density at radius 2 is 0.647 bits per heavy atom. The van der Waals surface area contributed by atoms with E-state index in [0.717, 1.165) is 38.5 Å². The van der Waals surface area contributed by atoms with Gasteiger partial charge in [0.1, 0.15) is 13.2 Å². The molecule has 0 aromatic carbocycles. The summed E-state index contributed by atoms with van der Waals surface area (Å²) in [6.45, 7) is 4.53. The molecule has 0 unspecified atom stereocenters. The van der Waals surface area contributed by atoms with Gasteiger partial charge >= 0.3 is 17.9 Å². The van der Waals surface area contributed by atoms with Crippen molar-refractivity contribution in [2.75, 3.05) is 40.9 Å². The Morgan fingerprint density at radius 3 is 0.902 bits per heavy atom. The number of likely N-dealkylation sites (N-methyl/N-ethyl adjacent to an activating group) is 1. The lowest BCUT2D eigenvalue weighted by Gasteiger charge is -2.24. The van der Waals surface area contributed by atoms with Crippen molar-refractivity contribution in [3.05, 3.63) is 0 Å². The van der Waals surface area contributed by atoms with Crippen molar-refractivity contribution in [1.29, 1.82) is 0 Å². The van der Waals surface area contributed by atoms with Crippen LogP contribution in [0.5, 0.6) is 0 Å². The molecule has 0 aliphatic heterocycles. The van der Waals surface area contributed by atoms with E-state index in [4.69, 9.17) is 14.2 Å². The zero-order valence-corrected chi connectivity index (χ0v) is 34.7. The summed E-state index contributed by atoms with van der Waals surface area (Å²) in [6, 6.07) is 0. The van der Waals surface area contributed by atoms with Gasteiger partial charge in [0.25, 0.3) is 0 Å². The van der Waals surface area contributed by atoms with Crippen LogP contribution >= 0.6 is 0 Å². The number of unbranched alkanes of at least 4 members (excludes halogenated alkanes) is 28. The number of quaternary nitrogens is 1. The summed E-state index contributed by atoms with van der Waals surface area (Å²) in [5, 5.41) is 0. The molecule has 7 heteroatoms. The van der Waals surface area contributed by atoms with Gasteiger partial charge in [0.15, 0.2) is 12.6 Å². The number of carbonyl (C=O) groups excluding carboxylic acids is 3. The number of carbonyl (C=O) groups is 3. The van der Waals surface area contributed by atoms with Crippen molar-refractivity contribution in [3.8, 4) is 0 Å².